The second-order valence-electron chi connectivity index (χ2n) is 10.3. The Labute approximate surface area is 201 Å². The number of β-amino-alcohol motifs (C(OH)–C–C–N with tert-alkyl or cyclic N) is 1. The molecule has 6 nitrogen and oxygen atoms in total. The lowest BCUT2D eigenvalue weighted by Crippen LogP contribution is -2.54. The van der Waals surface area contributed by atoms with Gasteiger partial charge in [-0.3, -0.25) is 9.59 Å². The molecule has 0 spiro atoms. The van der Waals surface area contributed by atoms with Crippen LogP contribution in [0.25, 0.3) is 10.4 Å². The topological polar surface area (TPSA) is 82.5 Å². The van der Waals surface area contributed by atoms with Crippen molar-refractivity contribution in [3.8, 4) is 10.4 Å². The number of thiazole rings is 1. The van der Waals surface area contributed by atoms with Crippen LogP contribution in [0.4, 0.5) is 0 Å². The first kappa shape index (κ1) is 25.5. The van der Waals surface area contributed by atoms with Crippen LogP contribution in [-0.4, -0.2) is 58.5 Å². The zero-order chi connectivity index (χ0) is 24.3. The molecule has 7 heteroatoms. The van der Waals surface area contributed by atoms with Crippen LogP contribution in [0.2, 0.25) is 0 Å². The van der Waals surface area contributed by atoms with Gasteiger partial charge < -0.3 is 15.3 Å². The third-order valence-corrected chi connectivity index (χ3v) is 7.62. The SMILES string of the molecule is CN[C@H](C(=O)N1C[C@H](O)C[C@H]1C(=O)CC[C@@H](C)c1ccc(-c2scnc2C)cc1)C(C)(C)C. The molecule has 1 fully saturated rings. The van der Waals surface area contributed by atoms with Crippen molar-refractivity contribution in [2.75, 3.05) is 13.6 Å². The van der Waals surface area contributed by atoms with Gasteiger partial charge in [-0.2, -0.15) is 0 Å². The van der Waals surface area contributed by atoms with E-state index in [2.05, 4.69) is 41.5 Å². The molecule has 1 amide bonds. The molecule has 2 N–H and O–H groups in total. The molecule has 0 saturated carbocycles. The second-order valence-corrected chi connectivity index (χ2v) is 11.1. The molecule has 2 heterocycles. The molecular weight excluding hydrogens is 434 g/mol. The van der Waals surface area contributed by atoms with E-state index < -0.39 is 18.2 Å². The number of aryl methyl sites for hydroxylation is 1. The zero-order valence-corrected chi connectivity index (χ0v) is 21.4. The van der Waals surface area contributed by atoms with Crippen molar-refractivity contribution in [3.05, 3.63) is 41.0 Å². The van der Waals surface area contributed by atoms with E-state index in [-0.39, 0.29) is 29.6 Å². The van der Waals surface area contributed by atoms with Crippen LogP contribution in [-0.2, 0) is 9.59 Å². The fourth-order valence-corrected chi connectivity index (χ4v) is 5.50. The highest BCUT2D eigenvalue weighted by molar-refractivity contribution is 7.13. The quantitative estimate of drug-likeness (QED) is 0.604. The summed E-state index contributed by atoms with van der Waals surface area (Å²) in [5.41, 5.74) is 4.97. The number of aliphatic hydroxyl groups excluding tert-OH is 1. The number of likely N-dealkylation sites (tertiary alicyclic amines) is 1. The number of likely N-dealkylation sites (N-methyl/N-ethyl adjacent to an activating group) is 1. The minimum absolute atomic E-state index is 0.0346. The van der Waals surface area contributed by atoms with Gasteiger partial charge in [0.25, 0.3) is 0 Å². The van der Waals surface area contributed by atoms with Gasteiger partial charge in [0.1, 0.15) is 0 Å². The fraction of sp³-hybridized carbons (Fsp3) is 0.577. The van der Waals surface area contributed by atoms with Gasteiger partial charge in [0.2, 0.25) is 5.91 Å². The summed E-state index contributed by atoms with van der Waals surface area (Å²) in [5, 5.41) is 13.3. The number of ketones is 1. The molecule has 2 aromatic rings. The summed E-state index contributed by atoms with van der Waals surface area (Å²) < 4.78 is 0. The highest BCUT2D eigenvalue weighted by atomic mass is 32.1. The molecule has 1 aromatic carbocycles. The molecule has 180 valence electrons. The summed E-state index contributed by atoms with van der Waals surface area (Å²) in [4.78, 5) is 33.4. The minimum Gasteiger partial charge on any atom is -0.391 e. The Hall–Kier alpha value is -2.09. The lowest BCUT2D eigenvalue weighted by Gasteiger charge is -2.34. The molecule has 0 bridgehead atoms. The number of nitrogens with one attached hydrogen (secondary N) is 1. The number of hydrogen-bond acceptors (Lipinski definition) is 6. The number of rotatable bonds is 8. The van der Waals surface area contributed by atoms with E-state index in [1.165, 1.54) is 10.4 Å². The predicted molar refractivity (Wildman–Crippen MR) is 133 cm³/mol. The zero-order valence-electron chi connectivity index (χ0n) is 20.6. The van der Waals surface area contributed by atoms with Crippen LogP contribution in [0.1, 0.15) is 64.1 Å². The third kappa shape index (κ3) is 5.89. The number of aromatic nitrogens is 1. The maximum Gasteiger partial charge on any atom is 0.240 e. The average Bonchev–Trinajstić information content (AvgIpc) is 3.36. The molecule has 3 rings (SSSR count). The lowest BCUT2D eigenvalue weighted by molar-refractivity contribution is -0.141. The van der Waals surface area contributed by atoms with Crippen molar-refractivity contribution >= 4 is 23.0 Å². The average molecular weight is 472 g/mol. The Balaban J connectivity index is 1.63. The summed E-state index contributed by atoms with van der Waals surface area (Å²) in [7, 11) is 1.76. The van der Waals surface area contributed by atoms with Crippen molar-refractivity contribution in [2.24, 2.45) is 5.41 Å². The largest absolute Gasteiger partial charge is 0.391 e. The van der Waals surface area contributed by atoms with Crippen LogP contribution in [0, 0.1) is 12.3 Å². The van der Waals surface area contributed by atoms with Crippen LogP contribution in [0.15, 0.2) is 29.8 Å². The van der Waals surface area contributed by atoms with E-state index >= 15 is 0 Å². The van der Waals surface area contributed by atoms with Crippen LogP contribution < -0.4 is 5.32 Å². The Morgan fingerprint density at radius 2 is 1.94 bits per heavy atom. The molecule has 4 atom stereocenters. The molecule has 1 saturated heterocycles. The van der Waals surface area contributed by atoms with Gasteiger partial charge in [-0.05, 0) is 42.9 Å². The van der Waals surface area contributed by atoms with Crippen molar-refractivity contribution in [1.82, 2.24) is 15.2 Å². The summed E-state index contributed by atoms with van der Waals surface area (Å²) >= 11 is 1.64. The number of carbonyl (C=O) groups is 2. The first-order chi connectivity index (χ1) is 15.5. The van der Waals surface area contributed by atoms with E-state index in [9.17, 15) is 14.7 Å². The highest BCUT2D eigenvalue weighted by Gasteiger charge is 2.43. The van der Waals surface area contributed by atoms with E-state index in [1.807, 2.05) is 33.2 Å². The third-order valence-electron chi connectivity index (χ3n) is 6.65. The van der Waals surface area contributed by atoms with Crippen molar-refractivity contribution in [1.29, 1.82) is 0 Å². The highest BCUT2D eigenvalue weighted by Crippen LogP contribution is 2.31. The van der Waals surface area contributed by atoms with Crippen LogP contribution >= 0.6 is 11.3 Å². The standard InChI is InChI=1S/C26H37N3O3S/c1-16(18-8-10-19(11-9-18)23-17(2)28-15-33-23)7-12-22(31)21-13-20(30)14-29(21)25(32)24(27-6)26(3,4)5/h8-11,15-16,20-21,24,27,30H,7,12-14H2,1-6H3/t16-,20-,21+,24-/m1/s1. The number of benzene rings is 1. The van der Waals surface area contributed by atoms with Crippen LogP contribution in [0.3, 0.4) is 0 Å². The number of carbonyl (C=O) groups excluding carboxylic acids is 2. The number of nitrogens with zero attached hydrogens (tertiary/aromatic N) is 2. The van der Waals surface area contributed by atoms with Crippen molar-refractivity contribution in [3.63, 3.8) is 0 Å². The smallest absolute Gasteiger partial charge is 0.240 e. The normalized spacial score (nSPS) is 20.6. The van der Waals surface area contributed by atoms with Crippen molar-refractivity contribution < 1.29 is 14.7 Å². The second kappa shape index (κ2) is 10.5. The number of aliphatic hydroxyl groups is 1. The van der Waals surface area contributed by atoms with Gasteiger partial charge in [-0.25, -0.2) is 4.98 Å². The molecule has 0 radical (unpaired) electrons. The maximum atomic E-state index is 13.2. The first-order valence-corrected chi connectivity index (χ1v) is 12.6. The molecule has 0 aliphatic carbocycles. The molecule has 1 aliphatic heterocycles. The number of amides is 1. The monoisotopic (exact) mass is 471 g/mol. The van der Waals surface area contributed by atoms with E-state index in [0.29, 0.717) is 19.3 Å². The van der Waals surface area contributed by atoms with Gasteiger partial charge in [-0.1, -0.05) is 52.0 Å². The van der Waals surface area contributed by atoms with Gasteiger partial charge in [0, 0.05) is 19.4 Å². The van der Waals surface area contributed by atoms with Gasteiger partial charge in [0.15, 0.2) is 5.78 Å². The fourth-order valence-electron chi connectivity index (χ4n) is 4.69. The van der Waals surface area contributed by atoms with Gasteiger partial charge in [-0.15, -0.1) is 11.3 Å². The Morgan fingerprint density at radius 1 is 1.27 bits per heavy atom. The maximum absolute atomic E-state index is 13.2. The Morgan fingerprint density at radius 3 is 2.48 bits per heavy atom. The van der Waals surface area contributed by atoms with Crippen molar-refractivity contribution in [2.45, 2.75) is 78.0 Å². The molecule has 0 unspecified atom stereocenters. The molecule has 33 heavy (non-hydrogen) atoms. The van der Waals surface area contributed by atoms with E-state index in [4.69, 9.17) is 0 Å². The summed E-state index contributed by atoms with van der Waals surface area (Å²) in [5.74, 6) is 0.148. The summed E-state index contributed by atoms with van der Waals surface area (Å²) in [6.45, 7) is 10.4. The van der Waals surface area contributed by atoms with E-state index in [1.54, 1.807) is 23.3 Å². The summed E-state index contributed by atoms with van der Waals surface area (Å²) in [6, 6.07) is 7.53. The van der Waals surface area contributed by atoms with Gasteiger partial charge in [0.05, 0.1) is 34.3 Å². The number of hydrogen-bond donors (Lipinski definition) is 2. The number of Topliss-reactive ketones (excluding diaryl/α,β-unsaturated/α-hetero) is 1. The molecule has 1 aromatic heterocycles. The predicted octanol–water partition coefficient (Wildman–Crippen LogP) is 4.17. The minimum atomic E-state index is -0.652. The Kier molecular flexibility index (Phi) is 8.08. The van der Waals surface area contributed by atoms with Gasteiger partial charge >= 0.3 is 0 Å². The first-order valence-electron chi connectivity index (χ1n) is 11.7. The van der Waals surface area contributed by atoms with E-state index in [0.717, 1.165) is 11.3 Å². The molecule has 1 aliphatic rings. The molecular formula is C26H37N3O3S. The van der Waals surface area contributed by atoms with Crippen LogP contribution in [0.5, 0.6) is 0 Å². The lowest BCUT2D eigenvalue weighted by atomic mass is 9.85. The Bertz CT molecular complexity index is 964. The summed E-state index contributed by atoms with van der Waals surface area (Å²) in [6.07, 6.45) is 0.766.